The van der Waals surface area contributed by atoms with E-state index in [0.29, 0.717) is 28.0 Å². The van der Waals surface area contributed by atoms with Crippen LogP contribution >= 0.6 is 0 Å². The van der Waals surface area contributed by atoms with Gasteiger partial charge in [0.1, 0.15) is 12.2 Å². The van der Waals surface area contributed by atoms with Crippen molar-refractivity contribution < 1.29 is 18.3 Å². The van der Waals surface area contributed by atoms with E-state index < -0.39 is 12.5 Å². The number of nitrogens with zero attached hydrogens (tertiary/aromatic N) is 5. The number of methoxy groups -OCH3 is 1. The van der Waals surface area contributed by atoms with E-state index in [9.17, 15) is 4.39 Å². The number of rotatable bonds is 6. The number of fused-ring (bicyclic) bond motifs is 2. The Kier molecular flexibility index (Phi) is 5.13. The molecule has 8 nitrogen and oxygen atoms in total. The van der Waals surface area contributed by atoms with Crippen molar-refractivity contribution in [1.82, 2.24) is 24.1 Å². The predicted octanol–water partition coefficient (Wildman–Crippen LogP) is 4.23. The highest BCUT2D eigenvalue weighted by Gasteiger charge is 2.41. The maximum absolute atomic E-state index is 15.2. The number of anilines is 1. The summed E-state index contributed by atoms with van der Waals surface area (Å²) in [7, 11) is 1.52. The summed E-state index contributed by atoms with van der Waals surface area (Å²) in [5.74, 6) is 0.256. The molecule has 1 spiro atoms. The fraction of sp³-hybridized carbons (Fsp3) is 0.458. The van der Waals surface area contributed by atoms with Crippen molar-refractivity contribution in [2.75, 3.05) is 32.3 Å². The molecule has 0 radical (unpaired) electrons. The SMILES string of the molecule is COc1nc(NC2CCC3(CC2)COC3)nn2cc(F)c(-c3ccc4ncn(CCF)c4c3)c12. The van der Waals surface area contributed by atoms with Crippen molar-refractivity contribution in [3.8, 4) is 17.0 Å². The van der Waals surface area contributed by atoms with Gasteiger partial charge in [-0.3, -0.25) is 0 Å². The lowest BCUT2D eigenvalue weighted by molar-refractivity contribution is -0.131. The van der Waals surface area contributed by atoms with Gasteiger partial charge >= 0.3 is 0 Å². The van der Waals surface area contributed by atoms with Gasteiger partial charge in [0.25, 0.3) is 0 Å². The zero-order chi connectivity index (χ0) is 23.3. The molecule has 1 aliphatic heterocycles. The second-order valence-corrected chi connectivity index (χ2v) is 9.33. The van der Waals surface area contributed by atoms with E-state index in [4.69, 9.17) is 9.47 Å². The van der Waals surface area contributed by atoms with Gasteiger partial charge in [-0.05, 0) is 43.4 Å². The first-order valence-electron chi connectivity index (χ1n) is 11.6. The Balaban J connectivity index is 1.35. The Morgan fingerprint density at radius 3 is 2.79 bits per heavy atom. The monoisotopic (exact) mass is 468 g/mol. The number of ether oxygens (including phenoxy) is 2. The molecular formula is C24H26F2N6O2. The van der Waals surface area contributed by atoms with E-state index in [-0.39, 0.29) is 18.5 Å². The van der Waals surface area contributed by atoms with Crippen LogP contribution < -0.4 is 10.1 Å². The summed E-state index contributed by atoms with van der Waals surface area (Å²) in [5, 5.41) is 7.95. The summed E-state index contributed by atoms with van der Waals surface area (Å²) < 4.78 is 42.4. The molecule has 4 heterocycles. The van der Waals surface area contributed by atoms with E-state index in [1.807, 2.05) is 6.07 Å². The summed E-state index contributed by atoms with van der Waals surface area (Å²) in [4.78, 5) is 8.86. The molecule has 0 bridgehead atoms. The minimum absolute atomic E-state index is 0.190. The maximum atomic E-state index is 15.2. The van der Waals surface area contributed by atoms with Gasteiger partial charge in [-0.15, -0.1) is 5.10 Å². The summed E-state index contributed by atoms with van der Waals surface area (Å²) in [6.07, 6.45) is 7.21. The lowest BCUT2D eigenvalue weighted by atomic mass is 9.71. The average Bonchev–Trinajstić information content (AvgIpc) is 3.38. The van der Waals surface area contributed by atoms with Crippen molar-refractivity contribution in [2.45, 2.75) is 38.3 Å². The first kappa shape index (κ1) is 21.3. The number of halogens is 2. The number of alkyl halides is 1. The third-order valence-electron chi connectivity index (χ3n) is 7.18. The van der Waals surface area contributed by atoms with Crippen LogP contribution in [0, 0.1) is 11.2 Å². The summed E-state index contributed by atoms with van der Waals surface area (Å²) in [6.45, 7) is 1.41. The second-order valence-electron chi connectivity index (χ2n) is 9.33. The summed E-state index contributed by atoms with van der Waals surface area (Å²) in [5.41, 5.74) is 3.21. The molecular weight excluding hydrogens is 442 g/mol. The molecule has 0 unspecified atom stereocenters. The summed E-state index contributed by atoms with van der Waals surface area (Å²) >= 11 is 0. The van der Waals surface area contributed by atoms with E-state index in [1.54, 1.807) is 23.0 Å². The molecule has 2 fully saturated rings. The van der Waals surface area contributed by atoms with Crippen molar-refractivity contribution in [1.29, 1.82) is 0 Å². The highest BCUT2D eigenvalue weighted by atomic mass is 19.1. The largest absolute Gasteiger partial charge is 0.479 e. The molecule has 3 aromatic heterocycles. The molecule has 10 heteroatoms. The van der Waals surface area contributed by atoms with Gasteiger partial charge in [-0.2, -0.15) is 4.98 Å². The van der Waals surface area contributed by atoms with Crippen LogP contribution in [0.25, 0.3) is 27.7 Å². The normalized spacial score (nSPS) is 18.0. The van der Waals surface area contributed by atoms with Gasteiger partial charge in [0.2, 0.25) is 11.8 Å². The minimum Gasteiger partial charge on any atom is -0.479 e. The van der Waals surface area contributed by atoms with Crippen LogP contribution in [0.5, 0.6) is 5.88 Å². The van der Waals surface area contributed by atoms with Crippen LogP contribution in [0.3, 0.4) is 0 Å². The topological polar surface area (TPSA) is 78.5 Å². The van der Waals surface area contributed by atoms with Gasteiger partial charge in [0.15, 0.2) is 5.82 Å². The fourth-order valence-electron chi connectivity index (χ4n) is 5.22. The maximum Gasteiger partial charge on any atom is 0.244 e. The lowest BCUT2D eigenvalue weighted by Crippen LogP contribution is -2.47. The predicted molar refractivity (Wildman–Crippen MR) is 123 cm³/mol. The van der Waals surface area contributed by atoms with Crippen LogP contribution in [-0.2, 0) is 11.3 Å². The van der Waals surface area contributed by atoms with Crippen LogP contribution in [0.1, 0.15) is 25.7 Å². The Morgan fingerprint density at radius 2 is 2.09 bits per heavy atom. The molecule has 0 atom stereocenters. The summed E-state index contributed by atoms with van der Waals surface area (Å²) in [6, 6.07) is 5.66. The molecule has 0 amide bonds. The van der Waals surface area contributed by atoms with Gasteiger partial charge < -0.3 is 19.4 Å². The van der Waals surface area contributed by atoms with Gasteiger partial charge in [-0.1, -0.05) is 6.07 Å². The number of aromatic nitrogens is 5. The Bertz CT molecular complexity index is 1350. The highest BCUT2D eigenvalue weighted by Crippen LogP contribution is 2.43. The number of hydrogen-bond acceptors (Lipinski definition) is 6. The first-order valence-corrected chi connectivity index (χ1v) is 11.6. The molecule has 1 saturated heterocycles. The molecule has 34 heavy (non-hydrogen) atoms. The molecule has 1 saturated carbocycles. The second kappa shape index (κ2) is 8.19. The fourth-order valence-corrected chi connectivity index (χ4v) is 5.22. The molecule has 6 rings (SSSR count). The van der Waals surface area contributed by atoms with Crippen LogP contribution in [0.2, 0.25) is 0 Å². The minimum atomic E-state index is -0.508. The van der Waals surface area contributed by atoms with Gasteiger partial charge in [0, 0.05) is 11.5 Å². The van der Waals surface area contributed by atoms with E-state index in [0.717, 1.165) is 49.9 Å². The van der Waals surface area contributed by atoms with E-state index >= 15 is 4.39 Å². The van der Waals surface area contributed by atoms with Crippen LogP contribution in [0.15, 0.2) is 30.7 Å². The molecule has 1 aliphatic carbocycles. The molecule has 178 valence electrons. The quantitative estimate of drug-likeness (QED) is 0.456. The third-order valence-corrected chi connectivity index (χ3v) is 7.18. The molecule has 4 aromatic rings. The zero-order valence-corrected chi connectivity index (χ0v) is 18.9. The zero-order valence-electron chi connectivity index (χ0n) is 18.9. The Hall–Kier alpha value is -3.27. The third kappa shape index (κ3) is 3.48. The first-order chi connectivity index (χ1) is 16.6. The smallest absolute Gasteiger partial charge is 0.244 e. The number of imidazole rings is 1. The molecule has 1 aromatic carbocycles. The standard InChI is InChI=1S/C24H26F2N6O2/c1-33-22-21-20(15-2-3-18-19(10-15)31(9-8-25)14-27-18)17(26)11-32(21)30-23(29-22)28-16-4-6-24(7-5-16)12-34-13-24/h2-3,10-11,14,16H,4-9,12-13H2,1H3,(H,28,30). The number of nitrogens with one attached hydrogen (secondary N) is 1. The number of benzene rings is 1. The van der Waals surface area contributed by atoms with Crippen molar-refractivity contribution in [2.24, 2.45) is 5.41 Å². The van der Waals surface area contributed by atoms with Crippen molar-refractivity contribution in [3.63, 3.8) is 0 Å². The average molecular weight is 469 g/mol. The van der Waals surface area contributed by atoms with Gasteiger partial charge in [-0.25, -0.2) is 18.3 Å². The lowest BCUT2D eigenvalue weighted by Gasteiger charge is -2.46. The van der Waals surface area contributed by atoms with Gasteiger partial charge in [0.05, 0.1) is 56.0 Å². The van der Waals surface area contributed by atoms with E-state index in [2.05, 4.69) is 20.4 Å². The van der Waals surface area contributed by atoms with Crippen molar-refractivity contribution >= 4 is 22.5 Å². The molecule has 1 N–H and O–H groups in total. The van der Waals surface area contributed by atoms with Crippen molar-refractivity contribution in [3.05, 3.63) is 36.5 Å². The highest BCUT2D eigenvalue weighted by molar-refractivity contribution is 5.90. The van der Waals surface area contributed by atoms with Crippen LogP contribution in [0.4, 0.5) is 14.7 Å². The van der Waals surface area contributed by atoms with Crippen LogP contribution in [-0.4, -0.2) is 57.2 Å². The van der Waals surface area contributed by atoms with E-state index in [1.165, 1.54) is 17.8 Å². The number of hydrogen-bond donors (Lipinski definition) is 1. The Labute approximate surface area is 194 Å². The number of aryl methyl sites for hydroxylation is 1. The Morgan fingerprint density at radius 1 is 1.26 bits per heavy atom. The molecule has 2 aliphatic rings.